The molecule has 29 heavy (non-hydrogen) atoms. The Hall–Kier alpha value is -2.70. The molecule has 2 heterocycles. The molecule has 1 atom stereocenters. The van der Waals surface area contributed by atoms with E-state index in [1.54, 1.807) is 6.07 Å². The topological polar surface area (TPSA) is 30.9 Å². The summed E-state index contributed by atoms with van der Waals surface area (Å²) in [4.78, 5) is 9.22. The van der Waals surface area contributed by atoms with Gasteiger partial charge in [-0.2, -0.15) is 13.2 Å². The second-order valence-electron chi connectivity index (χ2n) is 7.89. The fraction of sp³-hybridized carbons (Fsp3) is 0.409. The highest BCUT2D eigenvalue weighted by Crippen LogP contribution is 2.40. The van der Waals surface area contributed by atoms with Crippen LogP contribution in [0.3, 0.4) is 0 Å². The van der Waals surface area contributed by atoms with Gasteiger partial charge in [-0.15, -0.1) is 0 Å². The van der Waals surface area contributed by atoms with E-state index in [1.165, 1.54) is 23.3 Å². The number of anilines is 2. The highest BCUT2D eigenvalue weighted by atomic mass is 19.4. The molecule has 3 aliphatic rings. The summed E-state index contributed by atoms with van der Waals surface area (Å²) in [5, 5.41) is 3.50. The SMILES string of the molecule is FC(F)(F)c1cccc(N2CCN(C3=NC4CCCc5cccc(c54)N3)CC2)c1. The largest absolute Gasteiger partial charge is 0.416 e. The summed E-state index contributed by atoms with van der Waals surface area (Å²) in [6, 6.07) is 12.2. The molecule has 0 saturated carbocycles. The number of aryl methyl sites for hydroxylation is 1. The molecular weight excluding hydrogens is 377 g/mol. The number of rotatable bonds is 1. The standard InChI is InChI=1S/C22H23F3N4/c23-22(24,25)16-6-3-7-17(14-16)28-10-12-29(13-11-28)21-26-18-8-1-4-15-5-2-9-19(27-21)20(15)18/h1,3-4,6-8,14,19H,2,5,9-13H2,(H,26,27). The smallest absolute Gasteiger partial charge is 0.368 e. The maximum absolute atomic E-state index is 13.0. The van der Waals surface area contributed by atoms with Crippen LogP contribution < -0.4 is 10.2 Å². The lowest BCUT2D eigenvalue weighted by molar-refractivity contribution is -0.137. The number of guanidine groups is 1. The van der Waals surface area contributed by atoms with Crippen molar-refractivity contribution in [3.63, 3.8) is 0 Å². The molecule has 2 aromatic carbocycles. The Kier molecular flexibility index (Phi) is 4.41. The van der Waals surface area contributed by atoms with Crippen LogP contribution >= 0.6 is 0 Å². The predicted molar refractivity (Wildman–Crippen MR) is 108 cm³/mol. The highest BCUT2D eigenvalue weighted by molar-refractivity contribution is 5.96. The minimum atomic E-state index is -4.31. The zero-order valence-corrected chi connectivity index (χ0v) is 16.0. The Bertz CT molecular complexity index is 945. The van der Waals surface area contributed by atoms with Gasteiger partial charge in [0.25, 0.3) is 0 Å². The van der Waals surface area contributed by atoms with E-state index in [2.05, 4.69) is 28.4 Å². The van der Waals surface area contributed by atoms with Crippen molar-refractivity contribution < 1.29 is 13.2 Å². The third-order valence-corrected chi connectivity index (χ3v) is 6.10. The fourth-order valence-electron chi connectivity index (χ4n) is 4.61. The Morgan fingerprint density at radius 3 is 2.52 bits per heavy atom. The Morgan fingerprint density at radius 1 is 0.966 bits per heavy atom. The van der Waals surface area contributed by atoms with Crippen LogP contribution in [0.15, 0.2) is 47.5 Å². The van der Waals surface area contributed by atoms with E-state index < -0.39 is 11.7 Å². The Labute approximate surface area is 168 Å². The van der Waals surface area contributed by atoms with E-state index in [-0.39, 0.29) is 6.04 Å². The van der Waals surface area contributed by atoms with Crippen molar-refractivity contribution in [1.29, 1.82) is 0 Å². The zero-order valence-electron chi connectivity index (χ0n) is 16.0. The number of benzene rings is 2. The molecule has 1 fully saturated rings. The highest BCUT2D eigenvalue weighted by Gasteiger charge is 2.32. The van der Waals surface area contributed by atoms with Crippen LogP contribution in [-0.4, -0.2) is 37.0 Å². The third kappa shape index (κ3) is 3.43. The molecule has 2 aliphatic heterocycles. The van der Waals surface area contributed by atoms with Crippen molar-refractivity contribution in [2.75, 3.05) is 36.4 Å². The molecule has 0 amide bonds. The van der Waals surface area contributed by atoms with E-state index in [0.29, 0.717) is 18.8 Å². The molecule has 7 heteroatoms. The van der Waals surface area contributed by atoms with Crippen LogP contribution in [0.25, 0.3) is 0 Å². The van der Waals surface area contributed by atoms with E-state index in [4.69, 9.17) is 4.99 Å². The first-order valence-electron chi connectivity index (χ1n) is 10.1. The molecule has 4 nitrogen and oxygen atoms in total. The number of alkyl halides is 3. The molecule has 1 aliphatic carbocycles. The second-order valence-corrected chi connectivity index (χ2v) is 7.89. The Balaban J connectivity index is 1.30. The summed E-state index contributed by atoms with van der Waals surface area (Å²) in [5.74, 6) is 0.894. The van der Waals surface area contributed by atoms with Gasteiger partial charge in [0.2, 0.25) is 0 Å². The number of nitrogens with zero attached hydrogens (tertiary/aromatic N) is 3. The molecule has 0 spiro atoms. The van der Waals surface area contributed by atoms with Crippen LogP contribution in [0.2, 0.25) is 0 Å². The summed E-state index contributed by atoms with van der Waals surface area (Å²) in [6.45, 7) is 2.78. The van der Waals surface area contributed by atoms with Crippen LogP contribution in [-0.2, 0) is 12.6 Å². The van der Waals surface area contributed by atoms with E-state index >= 15 is 0 Å². The van der Waals surface area contributed by atoms with Crippen LogP contribution in [0.5, 0.6) is 0 Å². The maximum atomic E-state index is 13.0. The molecule has 1 saturated heterocycles. The first-order valence-corrected chi connectivity index (χ1v) is 10.1. The number of halogens is 3. The van der Waals surface area contributed by atoms with Crippen LogP contribution in [0.1, 0.15) is 35.6 Å². The number of aliphatic imine (C=N–C) groups is 1. The van der Waals surface area contributed by atoms with Crippen molar-refractivity contribution in [2.45, 2.75) is 31.5 Å². The minimum absolute atomic E-state index is 0.215. The zero-order chi connectivity index (χ0) is 20.0. The van der Waals surface area contributed by atoms with Crippen molar-refractivity contribution >= 4 is 17.3 Å². The van der Waals surface area contributed by atoms with Gasteiger partial charge < -0.3 is 15.1 Å². The van der Waals surface area contributed by atoms with Crippen molar-refractivity contribution in [1.82, 2.24) is 4.90 Å². The van der Waals surface area contributed by atoms with E-state index in [9.17, 15) is 13.2 Å². The Morgan fingerprint density at radius 2 is 1.72 bits per heavy atom. The second kappa shape index (κ2) is 6.97. The van der Waals surface area contributed by atoms with Crippen LogP contribution in [0, 0.1) is 0 Å². The van der Waals surface area contributed by atoms with Crippen molar-refractivity contribution in [3.8, 4) is 0 Å². The van der Waals surface area contributed by atoms with Gasteiger partial charge in [-0.1, -0.05) is 18.2 Å². The van der Waals surface area contributed by atoms with Gasteiger partial charge in [0.1, 0.15) is 0 Å². The summed E-state index contributed by atoms with van der Waals surface area (Å²) < 4.78 is 39.0. The molecule has 0 bridgehead atoms. The summed E-state index contributed by atoms with van der Waals surface area (Å²) in [6.07, 6.45) is -0.979. The lowest BCUT2D eigenvalue weighted by atomic mass is 9.86. The average molecular weight is 400 g/mol. The van der Waals surface area contributed by atoms with Gasteiger partial charge in [-0.25, -0.2) is 4.99 Å². The molecular formula is C22H23F3N4. The van der Waals surface area contributed by atoms with Crippen LogP contribution in [0.4, 0.5) is 24.5 Å². The monoisotopic (exact) mass is 400 g/mol. The van der Waals surface area contributed by atoms with Gasteiger partial charge in [0.15, 0.2) is 5.96 Å². The molecule has 1 N–H and O–H groups in total. The summed E-state index contributed by atoms with van der Waals surface area (Å²) in [7, 11) is 0. The first-order chi connectivity index (χ1) is 14.0. The van der Waals surface area contributed by atoms with Gasteiger partial charge in [-0.3, -0.25) is 0 Å². The molecule has 1 unspecified atom stereocenters. The number of hydrogen-bond donors (Lipinski definition) is 1. The van der Waals surface area contributed by atoms with Crippen molar-refractivity contribution in [3.05, 3.63) is 59.2 Å². The van der Waals surface area contributed by atoms with E-state index in [0.717, 1.165) is 50.1 Å². The van der Waals surface area contributed by atoms with E-state index in [1.807, 2.05) is 4.90 Å². The van der Waals surface area contributed by atoms with Gasteiger partial charge in [0.05, 0.1) is 11.6 Å². The maximum Gasteiger partial charge on any atom is 0.416 e. The fourth-order valence-corrected chi connectivity index (χ4v) is 4.61. The van der Waals surface area contributed by atoms with Gasteiger partial charge in [-0.05, 0) is 49.1 Å². The summed E-state index contributed by atoms with van der Waals surface area (Å²) in [5.41, 5.74) is 3.91. The minimum Gasteiger partial charge on any atom is -0.368 e. The molecule has 5 rings (SSSR count). The van der Waals surface area contributed by atoms with Gasteiger partial charge in [0, 0.05) is 43.1 Å². The number of piperazine rings is 1. The molecule has 0 radical (unpaired) electrons. The summed E-state index contributed by atoms with van der Waals surface area (Å²) >= 11 is 0. The quantitative estimate of drug-likeness (QED) is 0.754. The third-order valence-electron chi connectivity index (χ3n) is 6.10. The number of nitrogens with one attached hydrogen (secondary N) is 1. The molecule has 0 aromatic heterocycles. The lowest BCUT2D eigenvalue weighted by Gasteiger charge is -2.40. The lowest BCUT2D eigenvalue weighted by Crippen LogP contribution is -2.51. The first kappa shape index (κ1) is 18.3. The normalized spacial score (nSPS) is 21.3. The number of hydrogen-bond acceptors (Lipinski definition) is 4. The van der Waals surface area contributed by atoms with Crippen molar-refractivity contribution in [2.24, 2.45) is 4.99 Å². The average Bonchev–Trinajstić information content (AvgIpc) is 2.74. The predicted octanol–water partition coefficient (Wildman–Crippen LogP) is 4.69. The molecule has 2 aromatic rings. The van der Waals surface area contributed by atoms with Gasteiger partial charge >= 0.3 is 6.18 Å². The molecule has 152 valence electrons.